The first-order valence-corrected chi connectivity index (χ1v) is 8.69. The van der Waals surface area contributed by atoms with Crippen LogP contribution in [-0.4, -0.2) is 17.2 Å². The summed E-state index contributed by atoms with van der Waals surface area (Å²) in [5.41, 5.74) is 1.49. The number of hydrogen-bond acceptors (Lipinski definition) is 3. The Balaban J connectivity index is 2.13. The summed E-state index contributed by atoms with van der Waals surface area (Å²) in [5, 5.41) is 13.2. The van der Waals surface area contributed by atoms with Crippen LogP contribution in [0.25, 0.3) is 0 Å². The molecule has 3 nitrogen and oxygen atoms in total. The largest absolute Gasteiger partial charge is 0.489 e. The third-order valence-electron chi connectivity index (χ3n) is 2.68. The summed E-state index contributed by atoms with van der Waals surface area (Å²) >= 11 is 7.03. The van der Waals surface area contributed by atoms with E-state index in [4.69, 9.17) is 9.84 Å². The number of benzene rings is 1. The highest BCUT2D eigenvalue weighted by Gasteiger charge is 2.15. The van der Waals surface area contributed by atoms with E-state index in [2.05, 4.69) is 50.0 Å². The van der Waals surface area contributed by atoms with E-state index in [0.29, 0.717) is 10.2 Å². The summed E-state index contributed by atoms with van der Waals surface area (Å²) in [6, 6.07) is 5.41. The van der Waals surface area contributed by atoms with Crippen molar-refractivity contribution >= 4 is 55.8 Å². The highest BCUT2D eigenvalue weighted by Crippen LogP contribution is 2.30. The van der Waals surface area contributed by atoms with Gasteiger partial charge in [0, 0.05) is 10.9 Å². The first kappa shape index (κ1) is 15.8. The maximum atomic E-state index is 11.0. The fraction of sp³-hybridized carbons (Fsp3) is 0.214. The molecule has 0 aliphatic carbocycles. The summed E-state index contributed by atoms with van der Waals surface area (Å²) in [6.45, 7) is 2.01. The predicted molar refractivity (Wildman–Crippen MR) is 91.9 cm³/mol. The second-order valence-corrected chi connectivity index (χ2v) is 7.13. The highest BCUT2D eigenvalue weighted by molar-refractivity contribution is 14.1. The summed E-state index contributed by atoms with van der Waals surface area (Å²) in [5.74, 6) is -0.252. The molecule has 20 heavy (non-hydrogen) atoms. The van der Waals surface area contributed by atoms with Gasteiger partial charge in [0.2, 0.25) is 0 Å². The molecule has 0 radical (unpaired) electrons. The standard InChI is InChI=1S/C14H12BrIO3S/c1-8(4-9-2-3-20-7-9)19-13-6-11(15)10(14(17)18)5-12(13)16/h2-3,5-8H,4H2,1H3,(H,17,18). The van der Waals surface area contributed by atoms with E-state index in [0.717, 1.165) is 9.99 Å². The number of halogens is 2. The normalized spacial score (nSPS) is 12.2. The van der Waals surface area contributed by atoms with E-state index in [1.54, 1.807) is 23.5 Å². The number of rotatable bonds is 5. The number of carbonyl (C=O) groups is 1. The number of carboxylic acid groups (broad SMARTS) is 1. The quantitative estimate of drug-likeness (QED) is 0.642. The molecule has 1 unspecified atom stereocenters. The SMILES string of the molecule is CC(Cc1ccsc1)Oc1cc(Br)c(C(=O)O)cc1I. The van der Waals surface area contributed by atoms with Gasteiger partial charge in [-0.15, -0.1) is 0 Å². The van der Waals surface area contributed by atoms with Gasteiger partial charge in [0.1, 0.15) is 11.9 Å². The molecule has 2 aromatic rings. The van der Waals surface area contributed by atoms with Gasteiger partial charge >= 0.3 is 5.97 Å². The molecule has 106 valence electrons. The van der Waals surface area contributed by atoms with Gasteiger partial charge in [0.05, 0.1) is 9.13 Å². The van der Waals surface area contributed by atoms with E-state index in [9.17, 15) is 4.79 Å². The molecule has 0 aliphatic rings. The van der Waals surface area contributed by atoms with Crippen molar-refractivity contribution in [3.8, 4) is 5.75 Å². The summed E-state index contributed by atoms with van der Waals surface area (Å²) in [7, 11) is 0. The Kier molecular flexibility index (Phi) is 5.45. The van der Waals surface area contributed by atoms with Crippen molar-refractivity contribution in [1.82, 2.24) is 0 Å². The number of aromatic carboxylic acids is 1. The number of hydrogen-bond donors (Lipinski definition) is 1. The molecule has 0 fully saturated rings. The molecule has 0 aliphatic heterocycles. The van der Waals surface area contributed by atoms with E-state index >= 15 is 0 Å². The van der Waals surface area contributed by atoms with Crippen molar-refractivity contribution in [3.63, 3.8) is 0 Å². The topological polar surface area (TPSA) is 46.5 Å². The van der Waals surface area contributed by atoms with Gasteiger partial charge in [-0.2, -0.15) is 11.3 Å². The van der Waals surface area contributed by atoms with Crippen molar-refractivity contribution in [2.75, 3.05) is 0 Å². The Morgan fingerprint density at radius 3 is 2.90 bits per heavy atom. The third kappa shape index (κ3) is 3.95. The monoisotopic (exact) mass is 466 g/mol. The second-order valence-electron chi connectivity index (χ2n) is 4.33. The number of ether oxygens (including phenoxy) is 1. The maximum Gasteiger partial charge on any atom is 0.336 e. The first-order valence-electron chi connectivity index (χ1n) is 5.87. The van der Waals surface area contributed by atoms with E-state index in [-0.39, 0.29) is 11.7 Å². The van der Waals surface area contributed by atoms with E-state index in [1.807, 2.05) is 12.3 Å². The van der Waals surface area contributed by atoms with Gasteiger partial charge in [-0.25, -0.2) is 4.79 Å². The van der Waals surface area contributed by atoms with E-state index in [1.165, 1.54) is 5.56 Å². The molecule has 6 heteroatoms. The van der Waals surface area contributed by atoms with Crippen LogP contribution in [0.1, 0.15) is 22.8 Å². The number of carboxylic acids is 1. The molecule has 1 N–H and O–H groups in total. The lowest BCUT2D eigenvalue weighted by Crippen LogP contribution is -2.15. The molecule has 2 rings (SSSR count). The first-order chi connectivity index (χ1) is 9.47. The van der Waals surface area contributed by atoms with Gasteiger partial charge in [-0.05, 0) is 80.0 Å². The minimum Gasteiger partial charge on any atom is -0.489 e. The van der Waals surface area contributed by atoms with Crippen molar-refractivity contribution in [1.29, 1.82) is 0 Å². The Morgan fingerprint density at radius 2 is 2.30 bits per heavy atom. The average molecular weight is 467 g/mol. The van der Waals surface area contributed by atoms with Crippen LogP contribution in [0.5, 0.6) is 5.75 Å². The molecular weight excluding hydrogens is 455 g/mol. The third-order valence-corrected chi connectivity index (χ3v) is 4.91. The Hall–Kier alpha value is -0.600. The molecule has 0 spiro atoms. The van der Waals surface area contributed by atoms with E-state index < -0.39 is 5.97 Å². The van der Waals surface area contributed by atoms with Crippen LogP contribution in [0, 0.1) is 3.57 Å². The van der Waals surface area contributed by atoms with Crippen LogP contribution in [0.4, 0.5) is 0 Å². The molecule has 1 heterocycles. The van der Waals surface area contributed by atoms with Gasteiger partial charge in [-0.1, -0.05) is 0 Å². The van der Waals surface area contributed by atoms with Crippen LogP contribution >= 0.6 is 49.9 Å². The number of thiophene rings is 1. The smallest absolute Gasteiger partial charge is 0.336 e. The predicted octanol–water partition coefficient (Wildman–Crippen LogP) is 4.82. The molecule has 1 atom stereocenters. The summed E-state index contributed by atoms with van der Waals surface area (Å²) in [6.07, 6.45) is 0.860. The molecule has 0 saturated heterocycles. The van der Waals surface area contributed by atoms with Crippen LogP contribution in [0.2, 0.25) is 0 Å². The minimum atomic E-state index is -0.951. The lowest BCUT2D eigenvalue weighted by Gasteiger charge is -2.16. The van der Waals surface area contributed by atoms with Gasteiger partial charge in [-0.3, -0.25) is 0 Å². The van der Waals surface area contributed by atoms with Crippen LogP contribution in [0.15, 0.2) is 33.4 Å². The highest BCUT2D eigenvalue weighted by atomic mass is 127. The summed E-state index contributed by atoms with van der Waals surface area (Å²) in [4.78, 5) is 11.0. The van der Waals surface area contributed by atoms with Crippen LogP contribution < -0.4 is 4.74 Å². The van der Waals surface area contributed by atoms with Crippen LogP contribution in [0.3, 0.4) is 0 Å². The molecule has 1 aromatic carbocycles. The van der Waals surface area contributed by atoms with Crippen molar-refractivity contribution in [2.24, 2.45) is 0 Å². The van der Waals surface area contributed by atoms with Gasteiger partial charge in [0.25, 0.3) is 0 Å². The molecule has 0 bridgehead atoms. The fourth-order valence-corrected chi connectivity index (χ4v) is 3.55. The molecule has 0 amide bonds. The van der Waals surface area contributed by atoms with Crippen molar-refractivity contribution in [3.05, 3.63) is 48.1 Å². The Morgan fingerprint density at radius 1 is 1.55 bits per heavy atom. The lowest BCUT2D eigenvalue weighted by atomic mass is 10.1. The zero-order valence-electron chi connectivity index (χ0n) is 10.6. The Labute approximate surface area is 143 Å². The maximum absolute atomic E-state index is 11.0. The molecular formula is C14H12BrIO3S. The van der Waals surface area contributed by atoms with Gasteiger partial charge in [0.15, 0.2) is 0 Å². The Bertz CT molecular complexity index is 613. The second kappa shape index (κ2) is 6.91. The van der Waals surface area contributed by atoms with Crippen LogP contribution in [-0.2, 0) is 6.42 Å². The summed E-state index contributed by atoms with van der Waals surface area (Å²) < 4.78 is 7.23. The molecule has 1 aromatic heterocycles. The average Bonchev–Trinajstić information content (AvgIpc) is 2.85. The fourth-order valence-electron chi connectivity index (χ4n) is 1.78. The molecule has 0 saturated carbocycles. The van der Waals surface area contributed by atoms with Crippen molar-refractivity contribution in [2.45, 2.75) is 19.4 Å². The minimum absolute atomic E-state index is 0.0284. The van der Waals surface area contributed by atoms with Crippen molar-refractivity contribution < 1.29 is 14.6 Å². The zero-order valence-corrected chi connectivity index (χ0v) is 15.2. The lowest BCUT2D eigenvalue weighted by molar-refractivity contribution is 0.0695. The van der Waals surface area contributed by atoms with Gasteiger partial charge < -0.3 is 9.84 Å². The zero-order chi connectivity index (χ0) is 14.7.